The van der Waals surface area contributed by atoms with E-state index in [4.69, 9.17) is 5.84 Å². The smallest absolute Gasteiger partial charge is 0.113 e. The van der Waals surface area contributed by atoms with Crippen molar-refractivity contribution in [1.29, 1.82) is 0 Å². The number of nitrogens with zero attached hydrogens (tertiary/aromatic N) is 1. The predicted molar refractivity (Wildman–Crippen MR) is 45.3 cm³/mol. The zero-order valence-electron chi connectivity index (χ0n) is 7.94. The first kappa shape index (κ1) is 9.92. The van der Waals surface area contributed by atoms with E-state index in [0.717, 1.165) is 12.8 Å². The Kier molecular flexibility index (Phi) is 2.86. The summed E-state index contributed by atoms with van der Waals surface area (Å²) in [6.45, 7) is 6.61. The van der Waals surface area contributed by atoms with E-state index >= 15 is 0 Å². The molecule has 0 heterocycles. The summed E-state index contributed by atoms with van der Waals surface area (Å²) >= 11 is 0. The van der Waals surface area contributed by atoms with Gasteiger partial charge in [-0.15, -0.1) is 0 Å². The van der Waals surface area contributed by atoms with Gasteiger partial charge < -0.3 is 0 Å². The number of quaternary nitrogens is 1. The fraction of sp³-hybridized carbons (Fsp3) is 1.00. The molecule has 0 spiro atoms. The van der Waals surface area contributed by atoms with Crippen molar-refractivity contribution in [3.8, 4) is 0 Å². The lowest BCUT2D eigenvalue weighted by Gasteiger charge is -2.41. The highest BCUT2D eigenvalue weighted by atomic mass is 15.6. The van der Waals surface area contributed by atoms with Gasteiger partial charge in [0.05, 0.1) is 14.1 Å². The van der Waals surface area contributed by atoms with E-state index < -0.39 is 0 Å². The first-order valence-corrected chi connectivity index (χ1v) is 4.00. The molecule has 2 nitrogen and oxygen atoms in total. The third-order valence-electron chi connectivity index (χ3n) is 2.91. The average Bonchev–Trinajstić information content (AvgIpc) is 1.84. The summed E-state index contributed by atoms with van der Waals surface area (Å²) < 4.78 is 0.569. The van der Waals surface area contributed by atoms with Gasteiger partial charge >= 0.3 is 0 Å². The highest BCUT2D eigenvalue weighted by Crippen LogP contribution is 2.23. The largest absolute Gasteiger partial charge is 0.249 e. The first-order chi connectivity index (χ1) is 4.37. The fourth-order valence-corrected chi connectivity index (χ4v) is 1.07. The van der Waals surface area contributed by atoms with E-state index in [0.29, 0.717) is 4.59 Å². The second-order valence-electron chi connectivity index (χ2n) is 3.74. The molecule has 2 N–H and O–H groups in total. The van der Waals surface area contributed by atoms with Crippen molar-refractivity contribution in [3.63, 3.8) is 0 Å². The van der Waals surface area contributed by atoms with Crippen LogP contribution in [-0.2, 0) is 0 Å². The molecular formula is C8H21N2+. The molecule has 0 aromatic carbocycles. The summed E-state index contributed by atoms with van der Waals surface area (Å²) in [5, 5.41) is 0. The maximum absolute atomic E-state index is 5.97. The molecule has 0 radical (unpaired) electrons. The summed E-state index contributed by atoms with van der Waals surface area (Å²) in [7, 11) is 4.10. The summed E-state index contributed by atoms with van der Waals surface area (Å²) in [5.41, 5.74) is 0.236. The van der Waals surface area contributed by atoms with Crippen molar-refractivity contribution in [3.05, 3.63) is 0 Å². The monoisotopic (exact) mass is 145 g/mol. The molecule has 0 unspecified atom stereocenters. The van der Waals surface area contributed by atoms with Crippen LogP contribution >= 0.6 is 0 Å². The van der Waals surface area contributed by atoms with Gasteiger partial charge in [0.15, 0.2) is 0 Å². The van der Waals surface area contributed by atoms with Crippen LogP contribution in [0.15, 0.2) is 0 Å². The third-order valence-corrected chi connectivity index (χ3v) is 2.91. The molecule has 10 heavy (non-hydrogen) atoms. The lowest BCUT2D eigenvalue weighted by Crippen LogP contribution is -2.62. The Hall–Kier alpha value is -0.0800. The molecule has 0 atom stereocenters. The van der Waals surface area contributed by atoms with Crippen LogP contribution in [0.5, 0.6) is 0 Å². The van der Waals surface area contributed by atoms with E-state index in [1.165, 1.54) is 0 Å². The van der Waals surface area contributed by atoms with Crippen molar-refractivity contribution < 1.29 is 4.59 Å². The molecular weight excluding hydrogens is 124 g/mol. The van der Waals surface area contributed by atoms with E-state index in [1.54, 1.807) is 0 Å². The Morgan fingerprint density at radius 3 is 1.50 bits per heavy atom. The molecule has 0 aliphatic heterocycles. The normalized spacial score (nSPS) is 13.8. The van der Waals surface area contributed by atoms with Gasteiger partial charge in [0, 0.05) is 12.8 Å². The van der Waals surface area contributed by atoms with Crippen molar-refractivity contribution in [2.45, 2.75) is 39.2 Å². The molecule has 0 rings (SSSR count). The SMILES string of the molecule is CCC(C)(CC)[N+](C)(C)N. The number of rotatable bonds is 3. The van der Waals surface area contributed by atoms with E-state index in [9.17, 15) is 0 Å². The van der Waals surface area contributed by atoms with Gasteiger partial charge in [-0.2, -0.15) is 5.84 Å². The van der Waals surface area contributed by atoms with Gasteiger partial charge in [-0.25, -0.2) is 4.59 Å². The Balaban J connectivity index is 4.33. The second kappa shape index (κ2) is 2.89. The van der Waals surface area contributed by atoms with Gasteiger partial charge in [-0.3, -0.25) is 0 Å². The molecule has 2 heteroatoms. The van der Waals surface area contributed by atoms with Crippen molar-refractivity contribution in [2.24, 2.45) is 5.84 Å². The lowest BCUT2D eigenvalue weighted by atomic mass is 9.93. The molecule has 0 saturated carbocycles. The van der Waals surface area contributed by atoms with Gasteiger partial charge in [0.25, 0.3) is 0 Å². The van der Waals surface area contributed by atoms with Crippen LogP contribution in [-0.4, -0.2) is 24.2 Å². The van der Waals surface area contributed by atoms with E-state index in [1.807, 2.05) is 14.1 Å². The number of hydrogen-bond donors (Lipinski definition) is 1. The molecule has 0 fully saturated rings. The minimum Gasteiger partial charge on any atom is -0.249 e. The summed E-state index contributed by atoms with van der Waals surface area (Å²) in [4.78, 5) is 0. The molecule has 0 aromatic rings. The number of hydrogen-bond acceptors (Lipinski definition) is 1. The predicted octanol–water partition coefficient (Wildman–Crippen LogP) is 1.52. The molecule has 0 aliphatic rings. The Labute approximate surface area is 64.6 Å². The summed E-state index contributed by atoms with van der Waals surface area (Å²) in [6, 6.07) is 0. The Morgan fingerprint density at radius 2 is 1.50 bits per heavy atom. The van der Waals surface area contributed by atoms with E-state index in [-0.39, 0.29) is 5.54 Å². The minimum atomic E-state index is 0.236. The molecule has 0 saturated heterocycles. The Bertz CT molecular complexity index is 98.3. The van der Waals surface area contributed by atoms with Crippen LogP contribution in [0, 0.1) is 0 Å². The zero-order chi connectivity index (χ0) is 8.41. The molecule has 0 aromatic heterocycles. The fourth-order valence-electron chi connectivity index (χ4n) is 1.07. The lowest BCUT2D eigenvalue weighted by molar-refractivity contribution is -0.952. The molecule has 62 valence electrons. The summed E-state index contributed by atoms with van der Waals surface area (Å²) in [6.07, 6.45) is 2.26. The molecule has 0 amide bonds. The van der Waals surface area contributed by atoms with Crippen molar-refractivity contribution >= 4 is 0 Å². The maximum atomic E-state index is 5.97. The standard InChI is InChI=1S/C8H21N2/c1-6-8(3,7-2)10(4,5)9/h6-7,9H2,1-5H3/q+1. The van der Waals surface area contributed by atoms with Crippen LogP contribution in [0.3, 0.4) is 0 Å². The minimum absolute atomic E-state index is 0.236. The maximum Gasteiger partial charge on any atom is 0.113 e. The van der Waals surface area contributed by atoms with Crippen LogP contribution in [0.4, 0.5) is 0 Å². The summed E-state index contributed by atoms with van der Waals surface area (Å²) in [5.74, 6) is 5.97. The quantitative estimate of drug-likeness (QED) is 0.364. The molecule has 0 bridgehead atoms. The number of nitrogens with two attached hydrogens (primary N) is 1. The van der Waals surface area contributed by atoms with Gasteiger partial charge in [0.1, 0.15) is 5.54 Å². The topological polar surface area (TPSA) is 26.0 Å². The van der Waals surface area contributed by atoms with Crippen molar-refractivity contribution in [2.75, 3.05) is 14.1 Å². The second-order valence-corrected chi connectivity index (χ2v) is 3.74. The van der Waals surface area contributed by atoms with Crippen LogP contribution in [0.25, 0.3) is 0 Å². The van der Waals surface area contributed by atoms with E-state index in [2.05, 4.69) is 20.8 Å². The van der Waals surface area contributed by atoms with Gasteiger partial charge in [0.2, 0.25) is 0 Å². The third kappa shape index (κ3) is 1.70. The van der Waals surface area contributed by atoms with Gasteiger partial charge in [-0.1, -0.05) is 13.8 Å². The molecule has 0 aliphatic carbocycles. The van der Waals surface area contributed by atoms with Crippen molar-refractivity contribution in [1.82, 2.24) is 0 Å². The van der Waals surface area contributed by atoms with Crippen LogP contribution < -0.4 is 5.84 Å². The highest BCUT2D eigenvalue weighted by molar-refractivity contribution is 4.69. The van der Waals surface area contributed by atoms with Crippen LogP contribution in [0.1, 0.15) is 33.6 Å². The first-order valence-electron chi connectivity index (χ1n) is 4.00. The van der Waals surface area contributed by atoms with Gasteiger partial charge in [-0.05, 0) is 6.92 Å². The zero-order valence-corrected chi connectivity index (χ0v) is 7.94. The Morgan fingerprint density at radius 1 is 1.20 bits per heavy atom. The average molecular weight is 145 g/mol. The van der Waals surface area contributed by atoms with Crippen LogP contribution in [0.2, 0.25) is 0 Å². The highest BCUT2D eigenvalue weighted by Gasteiger charge is 2.35.